The molecule has 1 rings (SSSR count). The lowest BCUT2D eigenvalue weighted by Crippen LogP contribution is -2.35. The van der Waals surface area contributed by atoms with Crippen LogP contribution in [0, 0.1) is 0 Å². The van der Waals surface area contributed by atoms with Gasteiger partial charge >= 0.3 is 0 Å². The fourth-order valence-corrected chi connectivity index (χ4v) is 1.72. The first-order valence-electron chi connectivity index (χ1n) is 5.87. The molecule has 0 aromatic heterocycles. The zero-order valence-corrected chi connectivity index (χ0v) is 8.73. The van der Waals surface area contributed by atoms with E-state index in [0.29, 0.717) is 0 Å². The quantitative estimate of drug-likeness (QED) is 0.567. The van der Waals surface area contributed by atoms with E-state index in [1.54, 1.807) is 0 Å². The van der Waals surface area contributed by atoms with Gasteiger partial charge in [-0.25, -0.2) is 0 Å². The second-order valence-electron chi connectivity index (χ2n) is 4.14. The lowest BCUT2D eigenvalue weighted by atomic mass is 9.93. The van der Waals surface area contributed by atoms with Crippen molar-refractivity contribution in [3.05, 3.63) is 0 Å². The Morgan fingerprint density at radius 2 is 1.69 bits per heavy atom. The highest BCUT2D eigenvalue weighted by Crippen LogP contribution is 2.17. The molecule has 2 heteroatoms. The number of unbranched alkanes of at least 4 members (excludes halogenated alkanes) is 4. The van der Waals surface area contributed by atoms with Crippen molar-refractivity contribution < 1.29 is 0 Å². The number of rotatable bonds is 8. The molecule has 1 fully saturated rings. The maximum atomic E-state index is 5.42. The Bertz CT molecular complexity index is 111. The van der Waals surface area contributed by atoms with Gasteiger partial charge in [0.1, 0.15) is 0 Å². The first-order valence-corrected chi connectivity index (χ1v) is 5.87. The number of hydrogen-bond donors (Lipinski definition) is 2. The molecule has 0 heterocycles. The molecule has 2 nitrogen and oxygen atoms in total. The van der Waals surface area contributed by atoms with Gasteiger partial charge in [0.2, 0.25) is 0 Å². The number of hydrogen-bond acceptors (Lipinski definition) is 2. The molecule has 1 aliphatic carbocycles. The van der Waals surface area contributed by atoms with Gasteiger partial charge in [0, 0.05) is 6.04 Å². The topological polar surface area (TPSA) is 38.0 Å². The molecule has 78 valence electrons. The van der Waals surface area contributed by atoms with Gasteiger partial charge in [-0.3, -0.25) is 0 Å². The molecule has 0 radical (unpaired) electrons. The third-order valence-electron chi connectivity index (χ3n) is 2.92. The van der Waals surface area contributed by atoms with Crippen molar-refractivity contribution in [2.45, 2.75) is 57.4 Å². The van der Waals surface area contributed by atoms with Crippen LogP contribution in [0.25, 0.3) is 0 Å². The van der Waals surface area contributed by atoms with Crippen LogP contribution in [0.2, 0.25) is 0 Å². The van der Waals surface area contributed by atoms with Gasteiger partial charge in [-0.2, -0.15) is 0 Å². The van der Waals surface area contributed by atoms with E-state index in [-0.39, 0.29) is 0 Å². The van der Waals surface area contributed by atoms with Gasteiger partial charge in [0.15, 0.2) is 0 Å². The normalized spacial score (nSPS) is 17.3. The first-order chi connectivity index (χ1) is 6.43. The molecule has 0 unspecified atom stereocenters. The summed E-state index contributed by atoms with van der Waals surface area (Å²) in [4.78, 5) is 0. The van der Waals surface area contributed by atoms with Crippen LogP contribution in [0.15, 0.2) is 0 Å². The van der Waals surface area contributed by atoms with E-state index in [2.05, 4.69) is 5.32 Å². The molecule has 0 bridgehead atoms. The highest BCUT2D eigenvalue weighted by atomic mass is 14.9. The van der Waals surface area contributed by atoms with E-state index in [0.717, 1.165) is 12.6 Å². The van der Waals surface area contributed by atoms with Gasteiger partial charge in [-0.15, -0.1) is 0 Å². The highest BCUT2D eigenvalue weighted by Gasteiger charge is 2.15. The van der Waals surface area contributed by atoms with Gasteiger partial charge in [0.25, 0.3) is 0 Å². The van der Waals surface area contributed by atoms with Gasteiger partial charge in [-0.05, 0) is 38.8 Å². The predicted octanol–water partition coefficient (Wildman–Crippen LogP) is 2.04. The minimum Gasteiger partial charge on any atom is -0.330 e. The maximum Gasteiger partial charge on any atom is 0.00670 e. The molecule has 0 aromatic carbocycles. The minimum atomic E-state index is 0.861. The van der Waals surface area contributed by atoms with Crippen LogP contribution in [0.4, 0.5) is 0 Å². The summed E-state index contributed by atoms with van der Waals surface area (Å²) >= 11 is 0. The van der Waals surface area contributed by atoms with Crippen LogP contribution in [-0.4, -0.2) is 19.1 Å². The van der Waals surface area contributed by atoms with E-state index in [1.165, 1.54) is 57.9 Å². The molecular formula is C11H24N2. The van der Waals surface area contributed by atoms with Crippen LogP contribution in [0.1, 0.15) is 51.4 Å². The number of nitrogens with one attached hydrogen (secondary N) is 1. The summed E-state index contributed by atoms with van der Waals surface area (Å²) < 4.78 is 0. The van der Waals surface area contributed by atoms with Crippen LogP contribution < -0.4 is 11.1 Å². The van der Waals surface area contributed by atoms with E-state index >= 15 is 0 Å². The molecule has 0 atom stereocenters. The smallest absolute Gasteiger partial charge is 0.00670 e. The monoisotopic (exact) mass is 184 g/mol. The lowest BCUT2D eigenvalue weighted by Gasteiger charge is -2.26. The molecule has 0 amide bonds. The summed E-state index contributed by atoms with van der Waals surface area (Å²) in [5.41, 5.74) is 5.42. The van der Waals surface area contributed by atoms with Crippen molar-refractivity contribution in [2.24, 2.45) is 5.73 Å². The summed E-state index contributed by atoms with van der Waals surface area (Å²) in [7, 11) is 0. The molecule has 0 saturated heterocycles. The standard InChI is InChI=1S/C11H24N2/c12-9-4-2-1-3-5-10-13-11-7-6-8-11/h11,13H,1-10,12H2. The maximum absolute atomic E-state index is 5.42. The largest absolute Gasteiger partial charge is 0.330 e. The SMILES string of the molecule is NCCCCCCCNC1CCC1. The Kier molecular flexibility index (Phi) is 6.21. The van der Waals surface area contributed by atoms with Crippen LogP contribution in [-0.2, 0) is 0 Å². The summed E-state index contributed by atoms with van der Waals surface area (Å²) in [5.74, 6) is 0. The highest BCUT2D eigenvalue weighted by molar-refractivity contribution is 4.75. The average Bonchev–Trinajstić information content (AvgIpc) is 2.07. The van der Waals surface area contributed by atoms with Crippen molar-refractivity contribution in [3.63, 3.8) is 0 Å². The van der Waals surface area contributed by atoms with Crippen molar-refractivity contribution in [2.75, 3.05) is 13.1 Å². The fraction of sp³-hybridized carbons (Fsp3) is 1.00. The Hall–Kier alpha value is -0.0800. The summed E-state index contributed by atoms with van der Waals surface area (Å²) in [6.07, 6.45) is 10.9. The van der Waals surface area contributed by atoms with Crippen LogP contribution in [0.3, 0.4) is 0 Å². The zero-order valence-electron chi connectivity index (χ0n) is 8.73. The first kappa shape index (κ1) is 11.0. The third kappa shape index (κ3) is 5.27. The van der Waals surface area contributed by atoms with Crippen LogP contribution in [0.5, 0.6) is 0 Å². The van der Waals surface area contributed by atoms with Crippen molar-refractivity contribution in [1.29, 1.82) is 0 Å². The summed E-state index contributed by atoms with van der Waals surface area (Å²) in [6.45, 7) is 2.09. The number of nitrogens with two attached hydrogens (primary N) is 1. The van der Waals surface area contributed by atoms with E-state index < -0.39 is 0 Å². The zero-order chi connectivity index (χ0) is 9.36. The molecule has 0 aromatic rings. The minimum absolute atomic E-state index is 0.861. The Balaban J connectivity index is 1.68. The summed E-state index contributed by atoms with van der Waals surface area (Å²) in [6, 6.07) is 0.865. The molecule has 1 saturated carbocycles. The third-order valence-corrected chi connectivity index (χ3v) is 2.92. The molecular weight excluding hydrogens is 160 g/mol. The average molecular weight is 184 g/mol. The fourth-order valence-electron chi connectivity index (χ4n) is 1.72. The lowest BCUT2D eigenvalue weighted by molar-refractivity contribution is 0.337. The van der Waals surface area contributed by atoms with Crippen molar-refractivity contribution in [1.82, 2.24) is 5.32 Å². The molecule has 13 heavy (non-hydrogen) atoms. The van der Waals surface area contributed by atoms with E-state index in [1.807, 2.05) is 0 Å². The summed E-state index contributed by atoms with van der Waals surface area (Å²) in [5, 5.41) is 3.59. The Morgan fingerprint density at radius 1 is 1.00 bits per heavy atom. The van der Waals surface area contributed by atoms with Gasteiger partial charge in [0.05, 0.1) is 0 Å². The molecule has 0 aliphatic heterocycles. The molecule has 3 N–H and O–H groups in total. The van der Waals surface area contributed by atoms with Gasteiger partial charge < -0.3 is 11.1 Å². The van der Waals surface area contributed by atoms with Crippen molar-refractivity contribution in [3.8, 4) is 0 Å². The van der Waals surface area contributed by atoms with E-state index in [4.69, 9.17) is 5.73 Å². The molecule has 0 spiro atoms. The predicted molar refractivity (Wildman–Crippen MR) is 57.8 cm³/mol. The van der Waals surface area contributed by atoms with Crippen LogP contribution >= 0.6 is 0 Å². The Morgan fingerprint density at radius 3 is 2.31 bits per heavy atom. The van der Waals surface area contributed by atoms with E-state index in [9.17, 15) is 0 Å². The second-order valence-corrected chi connectivity index (χ2v) is 4.14. The Labute approximate surface area is 82.3 Å². The van der Waals surface area contributed by atoms with Crippen molar-refractivity contribution >= 4 is 0 Å². The molecule has 1 aliphatic rings. The second kappa shape index (κ2) is 7.34. The van der Waals surface area contributed by atoms with Gasteiger partial charge in [-0.1, -0.05) is 25.7 Å².